The molecule has 0 spiro atoms. The van der Waals surface area contributed by atoms with Crippen molar-refractivity contribution in [1.29, 1.82) is 5.41 Å². The second-order valence-corrected chi connectivity index (χ2v) is 4.07. The normalized spacial score (nSPS) is 12.4. The Morgan fingerprint density at radius 2 is 2.24 bits per heavy atom. The van der Waals surface area contributed by atoms with Gasteiger partial charge in [0, 0.05) is 17.8 Å². The average molecular weight is 288 g/mol. The molecule has 0 aromatic carbocycles. The summed E-state index contributed by atoms with van der Waals surface area (Å²) in [5.74, 6) is -0.745. The van der Waals surface area contributed by atoms with Gasteiger partial charge in [-0.15, -0.1) is 0 Å². The molecule has 0 amide bonds. The van der Waals surface area contributed by atoms with E-state index in [0.717, 1.165) is 6.20 Å². The van der Waals surface area contributed by atoms with E-state index >= 15 is 0 Å². The predicted octanol–water partition coefficient (Wildman–Crippen LogP) is 0.977. The highest BCUT2D eigenvalue weighted by atomic mass is 19.1. The van der Waals surface area contributed by atoms with E-state index in [4.69, 9.17) is 21.4 Å². The quantitative estimate of drug-likeness (QED) is 0.558. The topological polar surface area (TPSA) is 127 Å². The Labute approximate surface area is 119 Å². The monoisotopic (exact) mass is 288 g/mol. The van der Waals surface area contributed by atoms with Crippen molar-refractivity contribution < 1.29 is 8.91 Å². The van der Waals surface area contributed by atoms with Crippen LogP contribution >= 0.6 is 0 Å². The van der Waals surface area contributed by atoms with Gasteiger partial charge in [0.1, 0.15) is 23.6 Å². The third-order valence-electron chi connectivity index (χ3n) is 2.58. The van der Waals surface area contributed by atoms with Crippen LogP contribution in [0.4, 0.5) is 4.39 Å². The van der Waals surface area contributed by atoms with Crippen molar-refractivity contribution in [2.24, 2.45) is 16.5 Å². The number of nitrogens with one attached hydrogen (secondary N) is 1. The van der Waals surface area contributed by atoms with Crippen LogP contribution in [0.25, 0.3) is 0 Å². The third-order valence-corrected chi connectivity index (χ3v) is 2.58. The van der Waals surface area contributed by atoms with Crippen LogP contribution in [0.3, 0.4) is 0 Å². The average Bonchev–Trinajstić information content (AvgIpc) is 2.98. The first-order chi connectivity index (χ1) is 10.1. The lowest BCUT2D eigenvalue weighted by atomic mass is 10.2. The maximum Gasteiger partial charge on any atom is 0.146 e. The second kappa shape index (κ2) is 6.42. The zero-order chi connectivity index (χ0) is 15.2. The number of halogens is 1. The number of pyridine rings is 1. The molecule has 0 atom stereocenters. The highest BCUT2D eigenvalue weighted by molar-refractivity contribution is 6.11. The van der Waals surface area contributed by atoms with Crippen molar-refractivity contribution in [2.75, 3.05) is 0 Å². The lowest BCUT2D eigenvalue weighted by Crippen LogP contribution is -2.20. The molecular formula is C13H13FN6O. The van der Waals surface area contributed by atoms with Gasteiger partial charge < -0.3 is 16.0 Å². The number of nitrogens with zero attached hydrogens (tertiary/aromatic N) is 3. The molecule has 0 aliphatic rings. The van der Waals surface area contributed by atoms with Crippen LogP contribution in [0, 0.1) is 11.2 Å². The molecule has 0 saturated carbocycles. The Morgan fingerprint density at radius 3 is 2.86 bits per heavy atom. The van der Waals surface area contributed by atoms with E-state index in [1.165, 1.54) is 24.6 Å². The standard InChI is InChI=1S/C13H13FN6O/c14-9-7-18-3-1-8(9)6-19-12(5-10(15)13(16)17)11-2-4-21-20-11/h1-5,7H,6,15H2,(H3,16,17)/b10-5-,19-12?. The zero-order valence-corrected chi connectivity index (χ0v) is 11.0. The number of hydrogen-bond donors (Lipinski definition) is 3. The predicted molar refractivity (Wildman–Crippen MR) is 75.1 cm³/mol. The molecular weight excluding hydrogens is 275 g/mol. The van der Waals surface area contributed by atoms with E-state index in [0.29, 0.717) is 17.0 Å². The fraction of sp³-hybridized carbons (Fsp3) is 0.0769. The first-order valence-electron chi connectivity index (χ1n) is 5.93. The van der Waals surface area contributed by atoms with Crippen LogP contribution in [0.5, 0.6) is 0 Å². The number of amidine groups is 1. The Hall–Kier alpha value is -3.03. The van der Waals surface area contributed by atoms with E-state index in [1.807, 2.05) is 0 Å². The first-order valence-corrected chi connectivity index (χ1v) is 5.93. The summed E-state index contributed by atoms with van der Waals surface area (Å²) in [6.45, 7) is 0.0677. The van der Waals surface area contributed by atoms with Crippen LogP contribution < -0.4 is 11.5 Å². The molecule has 0 unspecified atom stereocenters. The Balaban J connectivity index is 2.32. The van der Waals surface area contributed by atoms with Crippen LogP contribution in [0.1, 0.15) is 11.3 Å². The maximum atomic E-state index is 13.5. The molecule has 2 aromatic rings. The van der Waals surface area contributed by atoms with E-state index < -0.39 is 5.82 Å². The number of hydrogen-bond acceptors (Lipinski definition) is 6. The van der Waals surface area contributed by atoms with E-state index in [1.54, 1.807) is 6.07 Å². The largest absolute Gasteiger partial charge is 0.396 e. The highest BCUT2D eigenvalue weighted by Gasteiger charge is 2.08. The van der Waals surface area contributed by atoms with Gasteiger partial charge in [-0.1, -0.05) is 5.16 Å². The van der Waals surface area contributed by atoms with Gasteiger partial charge in [-0.25, -0.2) is 4.39 Å². The Kier molecular flexibility index (Phi) is 4.39. The van der Waals surface area contributed by atoms with Crippen molar-refractivity contribution in [3.8, 4) is 0 Å². The molecule has 2 rings (SSSR count). The molecule has 0 aliphatic heterocycles. The summed E-state index contributed by atoms with van der Waals surface area (Å²) >= 11 is 0. The van der Waals surface area contributed by atoms with Crippen molar-refractivity contribution in [1.82, 2.24) is 10.1 Å². The summed E-state index contributed by atoms with van der Waals surface area (Å²) in [6.07, 6.45) is 5.35. The number of nitrogens with two attached hydrogens (primary N) is 2. The van der Waals surface area contributed by atoms with Gasteiger partial charge in [-0.3, -0.25) is 15.4 Å². The van der Waals surface area contributed by atoms with Gasteiger partial charge in [0.05, 0.1) is 24.2 Å². The van der Waals surface area contributed by atoms with Crippen LogP contribution in [0.2, 0.25) is 0 Å². The molecule has 0 radical (unpaired) electrons. The molecule has 0 saturated heterocycles. The summed E-state index contributed by atoms with van der Waals surface area (Å²) in [5.41, 5.74) is 12.1. The second-order valence-electron chi connectivity index (χ2n) is 4.07. The SMILES string of the molecule is N=C(N)/C(N)=C/C(=NCc1ccncc1F)c1ccon1. The molecule has 0 bridgehead atoms. The molecule has 0 aliphatic carbocycles. The van der Waals surface area contributed by atoms with Crippen LogP contribution in [0.15, 0.2) is 52.1 Å². The lowest BCUT2D eigenvalue weighted by Gasteiger charge is -2.02. The number of aliphatic imine (C=N–C) groups is 1. The third kappa shape index (κ3) is 3.72. The molecule has 108 valence electrons. The molecule has 7 nitrogen and oxygen atoms in total. The number of rotatable bonds is 5. The Morgan fingerprint density at radius 1 is 1.43 bits per heavy atom. The van der Waals surface area contributed by atoms with Gasteiger partial charge in [0.15, 0.2) is 0 Å². The van der Waals surface area contributed by atoms with Crippen LogP contribution in [-0.4, -0.2) is 21.7 Å². The van der Waals surface area contributed by atoms with Crippen molar-refractivity contribution in [3.63, 3.8) is 0 Å². The van der Waals surface area contributed by atoms with Gasteiger partial charge >= 0.3 is 0 Å². The smallest absolute Gasteiger partial charge is 0.146 e. The Bertz CT molecular complexity index is 692. The molecule has 8 heteroatoms. The summed E-state index contributed by atoms with van der Waals surface area (Å²) in [4.78, 5) is 7.90. The fourth-order valence-electron chi connectivity index (χ4n) is 1.47. The molecule has 2 heterocycles. The van der Waals surface area contributed by atoms with E-state index in [-0.39, 0.29) is 18.1 Å². The minimum Gasteiger partial charge on any atom is -0.396 e. The van der Waals surface area contributed by atoms with Gasteiger partial charge in [0.2, 0.25) is 0 Å². The number of allylic oxidation sites excluding steroid dienone is 1. The summed E-state index contributed by atoms with van der Waals surface area (Å²) in [7, 11) is 0. The van der Waals surface area contributed by atoms with Crippen molar-refractivity contribution in [2.45, 2.75) is 6.54 Å². The first kappa shape index (κ1) is 14.4. The van der Waals surface area contributed by atoms with Crippen molar-refractivity contribution in [3.05, 3.63) is 59.6 Å². The van der Waals surface area contributed by atoms with E-state index in [2.05, 4.69) is 15.1 Å². The molecule has 21 heavy (non-hydrogen) atoms. The summed E-state index contributed by atoms with van der Waals surface area (Å²) in [6, 6.07) is 3.10. The zero-order valence-electron chi connectivity index (χ0n) is 11.0. The van der Waals surface area contributed by atoms with Gasteiger partial charge in [-0.2, -0.15) is 0 Å². The lowest BCUT2D eigenvalue weighted by molar-refractivity contribution is 0.418. The minimum atomic E-state index is -0.454. The minimum absolute atomic E-state index is 0.0342. The molecule has 2 aromatic heterocycles. The van der Waals surface area contributed by atoms with Gasteiger partial charge in [0.25, 0.3) is 0 Å². The summed E-state index contributed by atoms with van der Waals surface area (Å²) < 4.78 is 18.3. The van der Waals surface area contributed by atoms with Gasteiger partial charge in [-0.05, 0) is 12.1 Å². The highest BCUT2D eigenvalue weighted by Crippen LogP contribution is 2.08. The fourth-order valence-corrected chi connectivity index (χ4v) is 1.47. The molecule has 0 fully saturated rings. The number of aromatic nitrogens is 2. The van der Waals surface area contributed by atoms with E-state index in [9.17, 15) is 4.39 Å². The van der Waals surface area contributed by atoms with Crippen LogP contribution in [-0.2, 0) is 6.54 Å². The summed E-state index contributed by atoms with van der Waals surface area (Å²) in [5, 5.41) is 11.0. The maximum absolute atomic E-state index is 13.5. The molecule has 5 N–H and O–H groups in total. The van der Waals surface area contributed by atoms with Crippen molar-refractivity contribution >= 4 is 11.5 Å².